The van der Waals surface area contributed by atoms with Gasteiger partial charge < -0.3 is 14.3 Å². The summed E-state index contributed by atoms with van der Waals surface area (Å²) < 4.78 is 10.7. The fourth-order valence-corrected chi connectivity index (χ4v) is 0.978. The third-order valence-corrected chi connectivity index (χ3v) is 2.19. The molecular weight excluding hydrogens is 220 g/mol. The fourth-order valence-electron chi connectivity index (χ4n) is 0.978. The van der Waals surface area contributed by atoms with E-state index in [1.54, 1.807) is 27.7 Å². The smallest absolute Gasteiger partial charge is 0.310 e. The molecule has 0 radical (unpaired) electrons. The van der Waals surface area contributed by atoms with Crippen molar-refractivity contribution in [3.8, 4) is 0 Å². The molecule has 0 aliphatic carbocycles. The molecule has 0 aromatic heterocycles. The van der Waals surface area contributed by atoms with Crippen molar-refractivity contribution in [2.75, 3.05) is 6.61 Å². The molecule has 0 aromatic carbocycles. The predicted molar refractivity (Wildman–Crippen MR) is 65.4 cm³/mol. The van der Waals surface area contributed by atoms with E-state index in [-0.39, 0.29) is 11.9 Å². The summed E-state index contributed by atoms with van der Waals surface area (Å²) in [6, 6.07) is 0. The van der Waals surface area contributed by atoms with Gasteiger partial charge in [-0.3, -0.25) is 4.79 Å². The van der Waals surface area contributed by atoms with E-state index in [1.807, 2.05) is 13.8 Å². The maximum atomic E-state index is 11.5. The molecule has 0 heterocycles. The highest BCUT2D eigenvalue weighted by molar-refractivity contribution is 5.72. The minimum atomic E-state index is -0.834. The fraction of sp³-hybridized carbons (Fsp3) is 0.846. The first-order valence-electron chi connectivity index (χ1n) is 5.99. The molecule has 1 atom stereocenters. The molecule has 0 bridgehead atoms. The van der Waals surface area contributed by atoms with Crippen LogP contribution in [-0.2, 0) is 19.1 Å². The lowest BCUT2D eigenvalue weighted by atomic mass is 9.95. The summed E-state index contributed by atoms with van der Waals surface area (Å²) in [6.45, 7) is 11.3. The van der Waals surface area contributed by atoms with Crippen LogP contribution in [0.25, 0.3) is 0 Å². The van der Waals surface area contributed by atoms with Crippen molar-refractivity contribution in [1.29, 1.82) is 0 Å². The number of aldehydes is 1. The summed E-state index contributed by atoms with van der Waals surface area (Å²) in [6.07, 6.45) is -0.0664. The van der Waals surface area contributed by atoms with Gasteiger partial charge in [-0.25, -0.2) is 0 Å². The van der Waals surface area contributed by atoms with Crippen LogP contribution in [0, 0.1) is 17.3 Å². The predicted octanol–water partition coefficient (Wildman–Crippen LogP) is 2.41. The Labute approximate surface area is 104 Å². The molecule has 17 heavy (non-hydrogen) atoms. The molecule has 0 rings (SSSR count). The van der Waals surface area contributed by atoms with Crippen LogP contribution in [0.3, 0.4) is 0 Å². The van der Waals surface area contributed by atoms with Crippen molar-refractivity contribution in [2.45, 2.75) is 47.8 Å². The lowest BCUT2D eigenvalue weighted by Gasteiger charge is -2.29. The molecule has 0 aromatic rings. The van der Waals surface area contributed by atoms with Crippen molar-refractivity contribution in [1.82, 2.24) is 0 Å². The Bertz CT molecular complexity index is 256. The van der Waals surface area contributed by atoms with Crippen LogP contribution < -0.4 is 0 Å². The van der Waals surface area contributed by atoms with Gasteiger partial charge in [0.2, 0.25) is 6.29 Å². The molecular formula is C13H24O4. The molecule has 0 aliphatic heterocycles. The summed E-state index contributed by atoms with van der Waals surface area (Å²) in [4.78, 5) is 22.5. The highest BCUT2D eigenvalue weighted by atomic mass is 16.7. The molecule has 1 unspecified atom stereocenters. The van der Waals surface area contributed by atoms with Crippen LogP contribution >= 0.6 is 0 Å². The van der Waals surface area contributed by atoms with E-state index < -0.39 is 11.7 Å². The first-order valence-corrected chi connectivity index (χ1v) is 5.99. The first-order chi connectivity index (χ1) is 7.70. The summed E-state index contributed by atoms with van der Waals surface area (Å²) in [7, 11) is 0. The quantitative estimate of drug-likeness (QED) is 0.392. The SMILES string of the molecule is CC(C)COC(OC(=O)C(C)C)C(C)(C)C=O. The summed E-state index contributed by atoms with van der Waals surface area (Å²) in [5.74, 6) is -0.269. The zero-order valence-corrected chi connectivity index (χ0v) is 11.6. The van der Waals surface area contributed by atoms with E-state index in [4.69, 9.17) is 9.47 Å². The van der Waals surface area contributed by atoms with Gasteiger partial charge in [0.05, 0.1) is 17.9 Å². The number of esters is 1. The van der Waals surface area contributed by atoms with Crippen molar-refractivity contribution in [3.63, 3.8) is 0 Å². The zero-order valence-electron chi connectivity index (χ0n) is 11.6. The summed E-state index contributed by atoms with van der Waals surface area (Å²) in [5, 5.41) is 0. The van der Waals surface area contributed by atoms with Gasteiger partial charge >= 0.3 is 5.97 Å². The summed E-state index contributed by atoms with van der Waals surface area (Å²) in [5.41, 5.74) is -0.834. The van der Waals surface area contributed by atoms with Crippen molar-refractivity contribution < 1.29 is 19.1 Å². The van der Waals surface area contributed by atoms with Crippen LogP contribution in [0.2, 0.25) is 0 Å². The molecule has 0 aliphatic rings. The molecule has 0 saturated carbocycles. The number of ether oxygens (including phenoxy) is 2. The Morgan fingerprint density at radius 1 is 1.24 bits per heavy atom. The standard InChI is InChI=1S/C13H24O4/c1-9(2)7-16-12(13(5,6)8-14)17-11(15)10(3)4/h8-10,12H,7H2,1-6H3. The number of hydrogen-bond donors (Lipinski definition) is 0. The normalized spacial score (nSPS) is 13.9. The average Bonchev–Trinajstić information content (AvgIpc) is 2.22. The number of hydrogen-bond acceptors (Lipinski definition) is 4. The molecule has 0 N–H and O–H groups in total. The average molecular weight is 244 g/mol. The molecule has 0 amide bonds. The first kappa shape index (κ1) is 16.1. The van der Waals surface area contributed by atoms with Gasteiger partial charge in [0, 0.05) is 0 Å². The maximum Gasteiger partial charge on any atom is 0.310 e. The number of carbonyl (C=O) groups excluding carboxylic acids is 2. The van der Waals surface area contributed by atoms with Crippen molar-refractivity contribution in [2.24, 2.45) is 17.3 Å². The Hall–Kier alpha value is -0.900. The van der Waals surface area contributed by atoms with Crippen LogP contribution in [-0.4, -0.2) is 25.2 Å². The van der Waals surface area contributed by atoms with Crippen LogP contribution in [0.5, 0.6) is 0 Å². The van der Waals surface area contributed by atoms with E-state index in [0.29, 0.717) is 12.5 Å². The van der Waals surface area contributed by atoms with Crippen molar-refractivity contribution in [3.05, 3.63) is 0 Å². The Morgan fingerprint density at radius 3 is 2.12 bits per heavy atom. The highest BCUT2D eigenvalue weighted by Gasteiger charge is 2.34. The van der Waals surface area contributed by atoms with Gasteiger partial charge in [-0.15, -0.1) is 0 Å². The lowest BCUT2D eigenvalue weighted by Crippen LogP contribution is -2.39. The zero-order chi connectivity index (χ0) is 13.6. The van der Waals surface area contributed by atoms with Crippen LogP contribution in [0.4, 0.5) is 0 Å². The largest absolute Gasteiger partial charge is 0.434 e. The molecule has 0 saturated heterocycles. The van der Waals surface area contributed by atoms with Gasteiger partial charge in [0.15, 0.2) is 0 Å². The Kier molecular flexibility index (Phi) is 6.39. The van der Waals surface area contributed by atoms with E-state index in [1.165, 1.54) is 0 Å². The van der Waals surface area contributed by atoms with E-state index >= 15 is 0 Å². The minimum Gasteiger partial charge on any atom is -0.434 e. The van der Waals surface area contributed by atoms with E-state index in [9.17, 15) is 9.59 Å². The molecule has 0 spiro atoms. The number of rotatable bonds is 7. The molecule has 4 nitrogen and oxygen atoms in total. The van der Waals surface area contributed by atoms with Crippen LogP contribution in [0.15, 0.2) is 0 Å². The lowest BCUT2D eigenvalue weighted by molar-refractivity contribution is -0.208. The Morgan fingerprint density at radius 2 is 1.76 bits per heavy atom. The van der Waals surface area contributed by atoms with Gasteiger partial charge in [0.1, 0.15) is 6.29 Å². The van der Waals surface area contributed by atoms with E-state index in [2.05, 4.69) is 0 Å². The van der Waals surface area contributed by atoms with Crippen LogP contribution in [0.1, 0.15) is 41.5 Å². The van der Waals surface area contributed by atoms with Crippen molar-refractivity contribution >= 4 is 12.3 Å². The van der Waals surface area contributed by atoms with E-state index in [0.717, 1.165) is 6.29 Å². The Balaban J connectivity index is 4.62. The van der Waals surface area contributed by atoms with Gasteiger partial charge in [-0.05, 0) is 19.8 Å². The summed E-state index contributed by atoms with van der Waals surface area (Å²) >= 11 is 0. The molecule has 100 valence electrons. The van der Waals surface area contributed by atoms with Gasteiger partial charge in [-0.2, -0.15) is 0 Å². The minimum absolute atomic E-state index is 0.234. The second kappa shape index (κ2) is 6.74. The highest BCUT2D eigenvalue weighted by Crippen LogP contribution is 2.23. The monoisotopic (exact) mass is 244 g/mol. The maximum absolute atomic E-state index is 11.5. The van der Waals surface area contributed by atoms with Gasteiger partial charge in [-0.1, -0.05) is 27.7 Å². The molecule has 0 fully saturated rings. The second-order valence-corrected chi connectivity index (χ2v) is 5.59. The topological polar surface area (TPSA) is 52.6 Å². The molecule has 4 heteroatoms. The third kappa shape index (κ3) is 5.82. The second-order valence-electron chi connectivity index (χ2n) is 5.59. The third-order valence-electron chi connectivity index (χ3n) is 2.19. The number of carbonyl (C=O) groups is 2. The van der Waals surface area contributed by atoms with Gasteiger partial charge in [0.25, 0.3) is 0 Å².